The first-order valence-corrected chi connectivity index (χ1v) is 11.0. The molecule has 1 aromatic heterocycles. The number of rotatable bonds is 11. The van der Waals surface area contributed by atoms with Gasteiger partial charge in [0.15, 0.2) is 0 Å². The molecule has 2 heterocycles. The molecule has 2 aromatic rings. The monoisotopic (exact) mass is 369 g/mol. The summed E-state index contributed by atoms with van der Waals surface area (Å²) in [6.45, 7) is 4.31. The third-order valence-electron chi connectivity index (χ3n) is 5.62. The van der Waals surface area contributed by atoms with Crippen LogP contribution in [0.1, 0.15) is 88.5 Å². The Kier molecular flexibility index (Phi) is 8.34. The van der Waals surface area contributed by atoms with E-state index in [0.29, 0.717) is 11.7 Å². The SMILES string of the molecule is CCCCCCCCCCc1ccc(-c2noc(C3CCCNC3)n2)cc1. The van der Waals surface area contributed by atoms with Gasteiger partial charge in [0.25, 0.3) is 0 Å². The maximum absolute atomic E-state index is 5.51. The van der Waals surface area contributed by atoms with Crippen molar-refractivity contribution in [2.24, 2.45) is 0 Å². The molecule has 4 heteroatoms. The van der Waals surface area contributed by atoms with Crippen molar-refractivity contribution in [3.63, 3.8) is 0 Å². The molecule has 0 radical (unpaired) electrons. The van der Waals surface area contributed by atoms with Gasteiger partial charge in [-0.15, -0.1) is 0 Å². The van der Waals surface area contributed by atoms with Gasteiger partial charge in [-0.3, -0.25) is 0 Å². The van der Waals surface area contributed by atoms with Crippen LogP contribution in [0.5, 0.6) is 0 Å². The molecule has 0 spiro atoms. The third-order valence-corrected chi connectivity index (χ3v) is 5.62. The zero-order chi connectivity index (χ0) is 18.7. The molecule has 1 saturated heterocycles. The Morgan fingerprint density at radius 2 is 1.74 bits per heavy atom. The molecule has 1 aromatic carbocycles. The van der Waals surface area contributed by atoms with Crippen LogP contribution < -0.4 is 5.32 Å². The summed E-state index contributed by atoms with van der Waals surface area (Å²) in [7, 11) is 0. The Morgan fingerprint density at radius 3 is 2.44 bits per heavy atom. The lowest BCUT2D eigenvalue weighted by Gasteiger charge is -2.18. The van der Waals surface area contributed by atoms with Crippen molar-refractivity contribution in [3.8, 4) is 11.4 Å². The van der Waals surface area contributed by atoms with Crippen LogP contribution in [0.2, 0.25) is 0 Å². The molecule has 3 rings (SSSR count). The lowest BCUT2D eigenvalue weighted by Crippen LogP contribution is -2.28. The Hall–Kier alpha value is -1.68. The first-order chi connectivity index (χ1) is 13.4. The molecule has 1 atom stereocenters. The fourth-order valence-corrected chi connectivity index (χ4v) is 3.86. The van der Waals surface area contributed by atoms with Crippen molar-refractivity contribution < 1.29 is 4.52 Å². The predicted octanol–water partition coefficient (Wildman–Crippen LogP) is 5.89. The van der Waals surface area contributed by atoms with Gasteiger partial charge in [0.05, 0.1) is 5.92 Å². The molecule has 1 aliphatic heterocycles. The highest BCUT2D eigenvalue weighted by Crippen LogP contribution is 2.25. The van der Waals surface area contributed by atoms with Crippen LogP contribution in [0.15, 0.2) is 28.8 Å². The van der Waals surface area contributed by atoms with Gasteiger partial charge >= 0.3 is 0 Å². The number of aromatic nitrogens is 2. The number of benzene rings is 1. The summed E-state index contributed by atoms with van der Waals surface area (Å²) in [5, 5.41) is 7.60. The average molecular weight is 370 g/mol. The average Bonchev–Trinajstić information content (AvgIpc) is 3.21. The molecular weight excluding hydrogens is 334 g/mol. The van der Waals surface area contributed by atoms with Crippen molar-refractivity contribution in [1.29, 1.82) is 0 Å². The van der Waals surface area contributed by atoms with Gasteiger partial charge in [0, 0.05) is 12.1 Å². The number of unbranched alkanes of at least 4 members (excludes halogenated alkanes) is 7. The van der Waals surface area contributed by atoms with E-state index < -0.39 is 0 Å². The maximum Gasteiger partial charge on any atom is 0.231 e. The van der Waals surface area contributed by atoms with E-state index in [1.165, 1.54) is 69.8 Å². The predicted molar refractivity (Wildman–Crippen MR) is 111 cm³/mol. The molecule has 148 valence electrons. The van der Waals surface area contributed by atoms with Gasteiger partial charge in [0.2, 0.25) is 11.7 Å². The van der Waals surface area contributed by atoms with Crippen molar-refractivity contribution in [1.82, 2.24) is 15.5 Å². The fraction of sp³-hybridized carbons (Fsp3) is 0.652. The fourth-order valence-electron chi connectivity index (χ4n) is 3.86. The summed E-state index contributed by atoms with van der Waals surface area (Å²) in [5.74, 6) is 1.86. The van der Waals surface area contributed by atoms with E-state index in [4.69, 9.17) is 4.52 Å². The van der Waals surface area contributed by atoms with Crippen molar-refractivity contribution in [3.05, 3.63) is 35.7 Å². The molecule has 0 amide bonds. The molecule has 0 aliphatic carbocycles. The zero-order valence-corrected chi connectivity index (χ0v) is 16.9. The molecular formula is C23H35N3O. The van der Waals surface area contributed by atoms with Crippen molar-refractivity contribution in [2.45, 2.75) is 83.5 Å². The van der Waals surface area contributed by atoms with Crippen LogP contribution in [0.25, 0.3) is 11.4 Å². The van der Waals surface area contributed by atoms with Crippen LogP contribution in [0.3, 0.4) is 0 Å². The van der Waals surface area contributed by atoms with E-state index in [0.717, 1.165) is 31.0 Å². The van der Waals surface area contributed by atoms with Gasteiger partial charge in [-0.1, -0.05) is 81.3 Å². The maximum atomic E-state index is 5.51. The number of piperidine rings is 1. The highest BCUT2D eigenvalue weighted by atomic mass is 16.5. The highest BCUT2D eigenvalue weighted by Gasteiger charge is 2.21. The Bertz CT molecular complexity index is 644. The zero-order valence-electron chi connectivity index (χ0n) is 16.9. The molecule has 0 bridgehead atoms. The first kappa shape index (κ1) is 20.1. The number of nitrogens with zero attached hydrogens (tertiary/aromatic N) is 2. The minimum Gasteiger partial charge on any atom is -0.339 e. The van der Waals surface area contributed by atoms with Crippen LogP contribution >= 0.6 is 0 Å². The second-order valence-corrected chi connectivity index (χ2v) is 7.92. The summed E-state index contributed by atoms with van der Waals surface area (Å²) in [5.41, 5.74) is 2.46. The van der Waals surface area contributed by atoms with Crippen LogP contribution in [-0.4, -0.2) is 23.2 Å². The van der Waals surface area contributed by atoms with Crippen molar-refractivity contribution in [2.75, 3.05) is 13.1 Å². The van der Waals surface area contributed by atoms with Gasteiger partial charge in [-0.25, -0.2) is 0 Å². The van der Waals surface area contributed by atoms with E-state index >= 15 is 0 Å². The quantitative estimate of drug-likeness (QED) is 0.502. The number of nitrogens with one attached hydrogen (secondary N) is 1. The summed E-state index contributed by atoms with van der Waals surface area (Å²) >= 11 is 0. The summed E-state index contributed by atoms with van der Waals surface area (Å²) in [6, 6.07) is 8.70. The first-order valence-electron chi connectivity index (χ1n) is 11.0. The van der Waals surface area contributed by atoms with Crippen LogP contribution in [0, 0.1) is 0 Å². The molecule has 27 heavy (non-hydrogen) atoms. The second kappa shape index (κ2) is 11.2. The molecule has 1 fully saturated rings. The third kappa shape index (κ3) is 6.46. The van der Waals surface area contributed by atoms with E-state index in [1.54, 1.807) is 0 Å². The molecule has 4 nitrogen and oxygen atoms in total. The Balaban J connectivity index is 1.40. The smallest absolute Gasteiger partial charge is 0.231 e. The largest absolute Gasteiger partial charge is 0.339 e. The van der Waals surface area contributed by atoms with Crippen LogP contribution in [0.4, 0.5) is 0 Å². The highest BCUT2D eigenvalue weighted by molar-refractivity contribution is 5.54. The van der Waals surface area contributed by atoms with Gasteiger partial charge in [-0.2, -0.15) is 4.98 Å². The van der Waals surface area contributed by atoms with E-state index in [1.807, 2.05) is 0 Å². The normalized spacial score (nSPS) is 17.3. The Morgan fingerprint density at radius 1 is 1.00 bits per heavy atom. The minimum atomic E-state index is 0.362. The molecule has 1 unspecified atom stereocenters. The summed E-state index contributed by atoms with van der Waals surface area (Å²) in [6.07, 6.45) is 14.4. The van der Waals surface area contributed by atoms with Crippen molar-refractivity contribution >= 4 is 0 Å². The Labute approximate surface area is 164 Å². The van der Waals surface area contributed by atoms with E-state index in [2.05, 4.69) is 46.6 Å². The summed E-state index contributed by atoms with van der Waals surface area (Å²) < 4.78 is 5.51. The van der Waals surface area contributed by atoms with E-state index in [-0.39, 0.29) is 0 Å². The topological polar surface area (TPSA) is 51.0 Å². The second-order valence-electron chi connectivity index (χ2n) is 7.92. The number of hydrogen-bond acceptors (Lipinski definition) is 4. The lowest BCUT2D eigenvalue weighted by molar-refractivity contribution is 0.322. The molecule has 1 aliphatic rings. The minimum absolute atomic E-state index is 0.362. The van der Waals surface area contributed by atoms with Crippen LogP contribution in [-0.2, 0) is 6.42 Å². The van der Waals surface area contributed by atoms with Gasteiger partial charge in [0.1, 0.15) is 0 Å². The molecule has 1 N–H and O–H groups in total. The number of hydrogen-bond donors (Lipinski definition) is 1. The lowest BCUT2D eigenvalue weighted by atomic mass is 10.00. The van der Waals surface area contributed by atoms with Gasteiger partial charge in [-0.05, 0) is 37.8 Å². The van der Waals surface area contributed by atoms with Gasteiger partial charge < -0.3 is 9.84 Å². The standard InChI is InChI=1S/C23H35N3O/c1-2-3-4-5-6-7-8-9-11-19-13-15-20(16-14-19)22-25-23(27-26-22)21-12-10-17-24-18-21/h13-16,21,24H,2-12,17-18H2,1H3. The molecule has 0 saturated carbocycles. The van der Waals surface area contributed by atoms with E-state index in [9.17, 15) is 0 Å². The number of aryl methyl sites for hydroxylation is 1. The summed E-state index contributed by atoms with van der Waals surface area (Å²) in [4.78, 5) is 4.63.